The zero-order chi connectivity index (χ0) is 21.0. The summed E-state index contributed by atoms with van der Waals surface area (Å²) >= 11 is 3.28. The standard InChI is InChI=1S/C19H20BrF3N4O2/c20-12-5-3-6-13(8-12)26-18-25-10-14(16(27-18)19(21,22)23)17(29)24-9-11-4-1-2-7-15(11)28/h3,5-6,8,10-11,15,28H,1-2,4,7,9H2,(H,24,29)(H,25,26,27). The highest BCUT2D eigenvalue weighted by atomic mass is 79.9. The number of halogens is 4. The zero-order valence-electron chi connectivity index (χ0n) is 15.3. The van der Waals surface area contributed by atoms with Gasteiger partial charge in [-0.05, 0) is 31.0 Å². The van der Waals surface area contributed by atoms with Crippen LogP contribution in [0.3, 0.4) is 0 Å². The lowest BCUT2D eigenvalue weighted by Crippen LogP contribution is -2.37. The number of nitrogens with one attached hydrogen (secondary N) is 2. The zero-order valence-corrected chi connectivity index (χ0v) is 16.9. The molecule has 29 heavy (non-hydrogen) atoms. The van der Waals surface area contributed by atoms with Crippen LogP contribution in [-0.4, -0.2) is 33.6 Å². The fourth-order valence-corrected chi connectivity index (χ4v) is 3.66. The summed E-state index contributed by atoms with van der Waals surface area (Å²) in [5.41, 5.74) is -1.47. The second-order valence-electron chi connectivity index (χ2n) is 6.91. The van der Waals surface area contributed by atoms with Crippen LogP contribution in [0.15, 0.2) is 34.9 Å². The highest BCUT2D eigenvalue weighted by Crippen LogP contribution is 2.31. The van der Waals surface area contributed by atoms with E-state index in [2.05, 4.69) is 36.5 Å². The summed E-state index contributed by atoms with van der Waals surface area (Å²) in [6, 6.07) is 6.78. The number of aliphatic hydroxyl groups is 1. The first-order valence-electron chi connectivity index (χ1n) is 9.17. The van der Waals surface area contributed by atoms with Gasteiger partial charge in [0, 0.05) is 28.8 Å². The van der Waals surface area contributed by atoms with Crippen molar-refractivity contribution in [1.82, 2.24) is 15.3 Å². The van der Waals surface area contributed by atoms with Gasteiger partial charge < -0.3 is 15.7 Å². The van der Waals surface area contributed by atoms with Gasteiger partial charge in [-0.1, -0.05) is 34.8 Å². The van der Waals surface area contributed by atoms with E-state index < -0.39 is 29.4 Å². The minimum atomic E-state index is -4.83. The van der Waals surface area contributed by atoms with Crippen LogP contribution >= 0.6 is 15.9 Å². The van der Waals surface area contributed by atoms with E-state index in [1.165, 1.54) is 0 Å². The highest BCUT2D eigenvalue weighted by molar-refractivity contribution is 9.10. The van der Waals surface area contributed by atoms with Gasteiger partial charge >= 0.3 is 6.18 Å². The highest BCUT2D eigenvalue weighted by Gasteiger charge is 2.38. The van der Waals surface area contributed by atoms with Crippen molar-refractivity contribution in [3.8, 4) is 0 Å². The van der Waals surface area contributed by atoms with Crippen LogP contribution in [0.2, 0.25) is 0 Å². The number of hydrogen-bond acceptors (Lipinski definition) is 5. The molecule has 6 nitrogen and oxygen atoms in total. The fourth-order valence-electron chi connectivity index (χ4n) is 3.26. The molecule has 10 heteroatoms. The molecular formula is C19H20BrF3N4O2. The van der Waals surface area contributed by atoms with E-state index in [0.29, 0.717) is 12.1 Å². The van der Waals surface area contributed by atoms with Gasteiger partial charge in [-0.25, -0.2) is 9.97 Å². The van der Waals surface area contributed by atoms with Crippen molar-refractivity contribution in [1.29, 1.82) is 0 Å². The first-order chi connectivity index (χ1) is 13.7. The van der Waals surface area contributed by atoms with Gasteiger partial charge in [0.05, 0.1) is 11.7 Å². The van der Waals surface area contributed by atoms with Crippen molar-refractivity contribution in [3.63, 3.8) is 0 Å². The average Bonchev–Trinajstić information content (AvgIpc) is 2.66. The Hall–Kier alpha value is -2.20. The summed E-state index contributed by atoms with van der Waals surface area (Å²) in [5, 5.41) is 15.1. The number of carbonyl (C=O) groups excluding carboxylic acids is 1. The summed E-state index contributed by atoms with van der Waals surface area (Å²) in [7, 11) is 0. The third kappa shape index (κ3) is 5.66. The van der Waals surface area contributed by atoms with Gasteiger partial charge in [0.1, 0.15) is 0 Å². The summed E-state index contributed by atoms with van der Waals surface area (Å²) < 4.78 is 41.2. The van der Waals surface area contributed by atoms with Crippen LogP contribution in [0, 0.1) is 5.92 Å². The average molecular weight is 473 g/mol. The van der Waals surface area contributed by atoms with Crippen LogP contribution in [0.4, 0.5) is 24.8 Å². The predicted octanol–water partition coefficient (Wildman–Crippen LogP) is 4.28. The van der Waals surface area contributed by atoms with Crippen molar-refractivity contribution in [3.05, 3.63) is 46.2 Å². The van der Waals surface area contributed by atoms with Gasteiger partial charge in [-0.3, -0.25) is 4.79 Å². The quantitative estimate of drug-likeness (QED) is 0.604. The number of benzene rings is 1. The molecule has 0 bridgehead atoms. The number of aromatic nitrogens is 2. The molecule has 0 aliphatic heterocycles. The Balaban J connectivity index is 1.77. The number of alkyl halides is 3. The lowest BCUT2D eigenvalue weighted by molar-refractivity contribution is -0.141. The molecule has 1 aliphatic rings. The Labute approximate surface area is 174 Å². The molecule has 2 unspecified atom stereocenters. The predicted molar refractivity (Wildman–Crippen MR) is 105 cm³/mol. The molecule has 1 amide bonds. The van der Waals surface area contributed by atoms with Crippen LogP contribution < -0.4 is 10.6 Å². The molecule has 1 heterocycles. The molecule has 1 aromatic carbocycles. The molecular weight excluding hydrogens is 453 g/mol. The summed E-state index contributed by atoms with van der Waals surface area (Å²) in [4.78, 5) is 19.8. The summed E-state index contributed by atoms with van der Waals surface area (Å²) in [5.74, 6) is -1.35. The van der Waals surface area contributed by atoms with Crippen LogP contribution in [0.5, 0.6) is 0 Å². The number of rotatable bonds is 5. The number of carbonyl (C=O) groups is 1. The second-order valence-corrected chi connectivity index (χ2v) is 7.83. The number of anilines is 2. The smallest absolute Gasteiger partial charge is 0.393 e. The normalized spacial score (nSPS) is 19.6. The number of amides is 1. The molecule has 0 radical (unpaired) electrons. The first-order valence-corrected chi connectivity index (χ1v) is 9.96. The maximum Gasteiger partial charge on any atom is 0.434 e. The summed E-state index contributed by atoms with van der Waals surface area (Å²) in [6.45, 7) is 0.106. The van der Waals surface area contributed by atoms with E-state index in [1.54, 1.807) is 24.3 Å². The molecule has 0 spiro atoms. The minimum absolute atomic E-state index is 0.106. The third-order valence-corrected chi connectivity index (χ3v) is 5.27. The van der Waals surface area contributed by atoms with E-state index in [9.17, 15) is 23.1 Å². The Morgan fingerprint density at radius 3 is 2.72 bits per heavy atom. The number of aliphatic hydroxyl groups excluding tert-OH is 1. The lowest BCUT2D eigenvalue weighted by atomic mass is 9.86. The number of nitrogens with zero attached hydrogens (tertiary/aromatic N) is 2. The van der Waals surface area contributed by atoms with Crippen molar-refractivity contribution >= 4 is 33.5 Å². The van der Waals surface area contributed by atoms with Crippen LogP contribution in [-0.2, 0) is 6.18 Å². The van der Waals surface area contributed by atoms with Gasteiger partial charge in [-0.15, -0.1) is 0 Å². The minimum Gasteiger partial charge on any atom is -0.393 e. The fraction of sp³-hybridized carbons (Fsp3) is 0.421. The topological polar surface area (TPSA) is 87.1 Å². The molecule has 156 valence electrons. The number of hydrogen-bond donors (Lipinski definition) is 3. The Kier molecular flexibility index (Phi) is 6.74. The first kappa shape index (κ1) is 21.5. The maximum atomic E-state index is 13.5. The van der Waals surface area contributed by atoms with Crippen molar-refractivity contribution in [2.75, 3.05) is 11.9 Å². The van der Waals surface area contributed by atoms with E-state index in [1.807, 2.05) is 0 Å². The van der Waals surface area contributed by atoms with Crippen LogP contribution in [0.25, 0.3) is 0 Å². The molecule has 3 N–H and O–H groups in total. The molecule has 1 saturated carbocycles. The largest absolute Gasteiger partial charge is 0.434 e. The van der Waals surface area contributed by atoms with Crippen molar-refractivity contribution < 1.29 is 23.1 Å². The van der Waals surface area contributed by atoms with E-state index in [4.69, 9.17) is 0 Å². The van der Waals surface area contributed by atoms with Gasteiger partial charge in [0.15, 0.2) is 5.69 Å². The molecule has 2 aromatic rings. The van der Waals surface area contributed by atoms with Gasteiger partial charge in [-0.2, -0.15) is 13.2 Å². The maximum absolute atomic E-state index is 13.5. The molecule has 1 aliphatic carbocycles. The Morgan fingerprint density at radius 1 is 1.28 bits per heavy atom. The van der Waals surface area contributed by atoms with E-state index in [-0.39, 0.29) is 18.4 Å². The van der Waals surface area contributed by atoms with Crippen LogP contribution in [0.1, 0.15) is 41.7 Å². The van der Waals surface area contributed by atoms with Gasteiger partial charge in [0.25, 0.3) is 5.91 Å². The molecule has 2 atom stereocenters. The SMILES string of the molecule is O=C(NCC1CCCCC1O)c1cnc(Nc2cccc(Br)c2)nc1C(F)(F)F. The van der Waals surface area contributed by atoms with Crippen molar-refractivity contribution in [2.24, 2.45) is 5.92 Å². The Morgan fingerprint density at radius 2 is 2.03 bits per heavy atom. The summed E-state index contributed by atoms with van der Waals surface area (Å²) in [6.07, 6.45) is -1.34. The Bertz CT molecular complexity index is 879. The van der Waals surface area contributed by atoms with Gasteiger partial charge in [0.2, 0.25) is 5.95 Å². The molecule has 0 saturated heterocycles. The van der Waals surface area contributed by atoms with E-state index >= 15 is 0 Å². The second kappa shape index (κ2) is 9.08. The van der Waals surface area contributed by atoms with Crippen molar-refractivity contribution in [2.45, 2.75) is 38.0 Å². The molecule has 1 fully saturated rings. The molecule has 1 aromatic heterocycles. The monoisotopic (exact) mass is 472 g/mol. The lowest BCUT2D eigenvalue weighted by Gasteiger charge is -2.27. The third-order valence-electron chi connectivity index (χ3n) is 4.78. The van der Waals surface area contributed by atoms with E-state index in [0.717, 1.165) is 29.9 Å². The molecule has 3 rings (SSSR count).